The fourth-order valence-electron chi connectivity index (χ4n) is 2.97. The Hall–Kier alpha value is -2.71. The second-order valence-electron chi connectivity index (χ2n) is 6.11. The summed E-state index contributed by atoms with van der Waals surface area (Å²) < 4.78 is 25.7. The molecule has 0 radical (unpaired) electrons. The summed E-state index contributed by atoms with van der Waals surface area (Å²) in [6.45, 7) is 1.84. The van der Waals surface area contributed by atoms with E-state index in [0.29, 0.717) is 17.4 Å². The molecule has 1 aliphatic rings. The van der Waals surface area contributed by atoms with Gasteiger partial charge >= 0.3 is 5.97 Å². The molecule has 8 heteroatoms. The van der Waals surface area contributed by atoms with Crippen LogP contribution in [0.3, 0.4) is 0 Å². The van der Waals surface area contributed by atoms with Crippen molar-refractivity contribution in [2.45, 2.75) is 24.7 Å². The number of benzene rings is 2. The molecule has 1 heterocycles. The molecule has 1 aliphatic heterocycles. The number of carboxylic acid groups (broad SMARTS) is 1. The lowest BCUT2D eigenvalue weighted by Crippen LogP contribution is -2.49. The van der Waals surface area contributed by atoms with Crippen LogP contribution in [-0.4, -0.2) is 37.0 Å². The molecule has 0 atom stereocenters. The van der Waals surface area contributed by atoms with E-state index >= 15 is 0 Å². The van der Waals surface area contributed by atoms with Crippen molar-refractivity contribution in [1.29, 1.82) is 0 Å². The third-order valence-corrected chi connectivity index (χ3v) is 5.72. The number of fused-ring (bicyclic) bond motifs is 1. The van der Waals surface area contributed by atoms with Gasteiger partial charge in [-0.05, 0) is 24.8 Å². The van der Waals surface area contributed by atoms with Gasteiger partial charge in [-0.2, -0.15) is 0 Å². The first-order chi connectivity index (χ1) is 12.3. The van der Waals surface area contributed by atoms with Crippen LogP contribution in [-0.2, 0) is 19.6 Å². The van der Waals surface area contributed by atoms with Crippen LogP contribution in [0, 0.1) is 0 Å². The standard InChI is InChI=1S/C18H18N2O5S/c1-12-9-10-20(18(23)15(12)11-17(21)22)19-26(24,25)16-8-4-6-13-5-2-3-7-14(13)16/h2-8,19H,9-11H2,1H3,(H,21,22). The Kier molecular flexibility index (Phi) is 4.80. The number of nitrogens with zero attached hydrogens (tertiary/aromatic N) is 1. The summed E-state index contributed by atoms with van der Waals surface area (Å²) in [6.07, 6.45) is -0.0242. The molecule has 2 aromatic carbocycles. The molecule has 0 aliphatic carbocycles. The van der Waals surface area contributed by atoms with Gasteiger partial charge in [0.1, 0.15) is 0 Å². The van der Waals surface area contributed by atoms with Crippen molar-refractivity contribution in [3.63, 3.8) is 0 Å². The summed E-state index contributed by atoms with van der Waals surface area (Å²) in [7, 11) is -4.00. The molecule has 0 spiro atoms. The van der Waals surface area contributed by atoms with Gasteiger partial charge in [0, 0.05) is 17.5 Å². The minimum absolute atomic E-state index is 0.0643. The van der Waals surface area contributed by atoms with E-state index in [4.69, 9.17) is 5.11 Å². The first-order valence-corrected chi connectivity index (χ1v) is 9.50. The average Bonchev–Trinajstić information content (AvgIpc) is 2.60. The van der Waals surface area contributed by atoms with Crippen molar-refractivity contribution in [2.75, 3.05) is 6.54 Å². The van der Waals surface area contributed by atoms with Crippen molar-refractivity contribution in [2.24, 2.45) is 0 Å². The zero-order valence-electron chi connectivity index (χ0n) is 14.1. The van der Waals surface area contributed by atoms with E-state index in [1.165, 1.54) is 6.07 Å². The summed E-state index contributed by atoms with van der Waals surface area (Å²) in [6, 6.07) is 12.0. The Morgan fingerprint density at radius 3 is 2.62 bits per heavy atom. The number of rotatable bonds is 5. The topological polar surface area (TPSA) is 104 Å². The molecular weight excluding hydrogens is 356 g/mol. The second kappa shape index (κ2) is 6.89. The molecule has 1 amide bonds. The summed E-state index contributed by atoms with van der Waals surface area (Å²) in [5, 5.41) is 11.3. The Morgan fingerprint density at radius 2 is 1.88 bits per heavy atom. The van der Waals surface area contributed by atoms with Crippen LogP contribution in [0.4, 0.5) is 0 Å². The van der Waals surface area contributed by atoms with E-state index in [-0.39, 0.29) is 17.0 Å². The number of sulfonamides is 1. The Labute approximate surface area is 150 Å². The number of hydrazine groups is 1. The van der Waals surface area contributed by atoms with Crippen LogP contribution >= 0.6 is 0 Å². The number of carbonyl (C=O) groups is 2. The molecule has 0 bridgehead atoms. The summed E-state index contributed by atoms with van der Waals surface area (Å²) in [5.41, 5.74) is 0.780. The molecule has 26 heavy (non-hydrogen) atoms. The van der Waals surface area contributed by atoms with Crippen LogP contribution < -0.4 is 4.83 Å². The van der Waals surface area contributed by atoms with Gasteiger partial charge in [0.2, 0.25) is 0 Å². The van der Waals surface area contributed by atoms with Gasteiger partial charge in [0.25, 0.3) is 15.9 Å². The first kappa shape index (κ1) is 18.1. The fourth-order valence-corrected chi connectivity index (χ4v) is 4.26. The van der Waals surface area contributed by atoms with Crippen molar-refractivity contribution in [3.8, 4) is 0 Å². The molecule has 0 fully saturated rings. The summed E-state index contributed by atoms with van der Waals surface area (Å²) in [4.78, 5) is 25.9. The largest absolute Gasteiger partial charge is 0.481 e. The van der Waals surface area contributed by atoms with Gasteiger partial charge in [-0.1, -0.05) is 42.0 Å². The van der Waals surface area contributed by atoms with Gasteiger partial charge in [-0.25, -0.2) is 8.42 Å². The van der Waals surface area contributed by atoms with Crippen LogP contribution in [0.25, 0.3) is 10.8 Å². The van der Waals surface area contributed by atoms with E-state index in [0.717, 1.165) is 10.4 Å². The highest BCUT2D eigenvalue weighted by atomic mass is 32.2. The molecule has 136 valence electrons. The lowest BCUT2D eigenvalue weighted by molar-refractivity contribution is -0.138. The zero-order valence-corrected chi connectivity index (χ0v) is 14.9. The molecule has 7 nitrogen and oxygen atoms in total. The number of carbonyl (C=O) groups excluding carboxylic acids is 1. The van der Waals surface area contributed by atoms with E-state index in [1.807, 2.05) is 6.07 Å². The van der Waals surface area contributed by atoms with Crippen LogP contribution in [0.1, 0.15) is 19.8 Å². The van der Waals surface area contributed by atoms with Crippen molar-refractivity contribution in [1.82, 2.24) is 9.84 Å². The Morgan fingerprint density at radius 1 is 1.19 bits per heavy atom. The molecule has 2 aromatic rings. The summed E-state index contributed by atoms with van der Waals surface area (Å²) in [5.74, 6) is -1.76. The van der Waals surface area contributed by atoms with E-state index in [2.05, 4.69) is 4.83 Å². The van der Waals surface area contributed by atoms with Crippen molar-refractivity contribution >= 4 is 32.7 Å². The quantitative estimate of drug-likeness (QED) is 0.834. The highest BCUT2D eigenvalue weighted by Gasteiger charge is 2.30. The predicted octanol–water partition coefficient (Wildman–Crippen LogP) is 2.06. The zero-order chi connectivity index (χ0) is 18.9. The molecule has 3 rings (SSSR count). The van der Waals surface area contributed by atoms with Gasteiger partial charge in [0.05, 0.1) is 11.3 Å². The van der Waals surface area contributed by atoms with Crippen molar-refractivity contribution in [3.05, 3.63) is 53.6 Å². The fraction of sp³-hybridized carbons (Fsp3) is 0.222. The van der Waals surface area contributed by atoms with Gasteiger partial charge in [-0.3, -0.25) is 14.6 Å². The lowest BCUT2D eigenvalue weighted by atomic mass is 9.99. The van der Waals surface area contributed by atoms with Gasteiger partial charge in [0.15, 0.2) is 0 Å². The number of hydrogen-bond donors (Lipinski definition) is 2. The number of aliphatic carboxylic acids is 1. The first-order valence-electron chi connectivity index (χ1n) is 8.02. The minimum Gasteiger partial charge on any atom is -0.481 e. The molecular formula is C18H18N2O5S. The maximum atomic E-state index is 12.8. The third kappa shape index (κ3) is 3.47. The van der Waals surface area contributed by atoms with E-state index < -0.39 is 28.3 Å². The minimum atomic E-state index is -4.00. The van der Waals surface area contributed by atoms with Crippen LogP contribution in [0.2, 0.25) is 0 Å². The Balaban J connectivity index is 1.93. The highest BCUT2D eigenvalue weighted by Crippen LogP contribution is 2.25. The normalized spacial score (nSPS) is 15.6. The monoisotopic (exact) mass is 374 g/mol. The van der Waals surface area contributed by atoms with Crippen LogP contribution in [0.5, 0.6) is 0 Å². The SMILES string of the molecule is CC1=C(CC(=O)O)C(=O)N(NS(=O)(=O)c2cccc3ccccc23)CC1. The van der Waals surface area contributed by atoms with Crippen molar-refractivity contribution < 1.29 is 23.1 Å². The number of amides is 1. The second-order valence-corrected chi connectivity index (χ2v) is 7.74. The van der Waals surface area contributed by atoms with Crippen LogP contribution in [0.15, 0.2) is 58.5 Å². The maximum Gasteiger partial charge on any atom is 0.308 e. The molecule has 0 aromatic heterocycles. The number of carboxylic acids is 1. The predicted molar refractivity (Wildman–Crippen MR) is 95.6 cm³/mol. The maximum absolute atomic E-state index is 12.8. The smallest absolute Gasteiger partial charge is 0.308 e. The highest BCUT2D eigenvalue weighted by molar-refractivity contribution is 7.89. The molecule has 0 saturated carbocycles. The van der Waals surface area contributed by atoms with Gasteiger partial charge in [-0.15, -0.1) is 4.83 Å². The van der Waals surface area contributed by atoms with E-state index in [1.54, 1.807) is 37.3 Å². The number of hydrogen-bond acceptors (Lipinski definition) is 4. The number of nitrogens with one attached hydrogen (secondary N) is 1. The lowest BCUT2D eigenvalue weighted by Gasteiger charge is -2.29. The van der Waals surface area contributed by atoms with E-state index in [9.17, 15) is 18.0 Å². The Bertz CT molecular complexity index is 1020. The van der Waals surface area contributed by atoms with Gasteiger partial charge < -0.3 is 5.11 Å². The summed E-state index contributed by atoms with van der Waals surface area (Å²) >= 11 is 0. The average molecular weight is 374 g/mol. The third-order valence-electron chi connectivity index (χ3n) is 4.33. The molecule has 0 unspecified atom stereocenters. The molecule has 2 N–H and O–H groups in total. The molecule has 0 saturated heterocycles.